The van der Waals surface area contributed by atoms with Crippen molar-refractivity contribution >= 4 is 5.91 Å². The summed E-state index contributed by atoms with van der Waals surface area (Å²) in [6.07, 6.45) is 4.99. The van der Waals surface area contributed by atoms with Crippen LogP contribution in [-0.2, 0) is 4.79 Å². The zero-order chi connectivity index (χ0) is 16.9. The zero-order valence-corrected chi connectivity index (χ0v) is 16.0. The Bertz CT molecular complexity index is 312. The van der Waals surface area contributed by atoms with E-state index < -0.39 is 0 Å². The Balaban J connectivity index is 4.30. The minimum Gasteiger partial charge on any atom is -0.353 e. The van der Waals surface area contributed by atoms with Gasteiger partial charge in [0.2, 0.25) is 5.91 Å². The van der Waals surface area contributed by atoms with Gasteiger partial charge in [-0.25, -0.2) is 0 Å². The molecule has 0 fully saturated rings. The minimum atomic E-state index is 0.106. The molecular formula is C19H39NO. The second-order valence-corrected chi connectivity index (χ2v) is 10.0. The maximum Gasteiger partial charge on any atom is 0.220 e. The van der Waals surface area contributed by atoms with Crippen LogP contribution in [0.4, 0.5) is 0 Å². The molecule has 0 aliphatic rings. The van der Waals surface area contributed by atoms with Gasteiger partial charge in [-0.05, 0) is 35.5 Å². The first kappa shape index (κ1) is 20.5. The van der Waals surface area contributed by atoms with Crippen molar-refractivity contribution in [2.24, 2.45) is 16.2 Å². The standard InChI is InChI=1S/C19H39NO/c1-17(2,3)13-11-10-12-16(21)20-15(19(7,8)9)14-18(4,5)6/h15H,10-14H2,1-9H3,(H,20,21). The number of unbranched alkanes of at least 4 members (excludes halogenated alkanes) is 1. The number of carbonyl (C=O) groups is 1. The lowest BCUT2D eigenvalue weighted by atomic mass is 9.77. The first-order valence-corrected chi connectivity index (χ1v) is 8.50. The van der Waals surface area contributed by atoms with Crippen LogP contribution < -0.4 is 5.32 Å². The van der Waals surface area contributed by atoms with Gasteiger partial charge in [-0.15, -0.1) is 0 Å². The molecule has 1 atom stereocenters. The first-order valence-electron chi connectivity index (χ1n) is 8.50. The Hall–Kier alpha value is -0.530. The van der Waals surface area contributed by atoms with Crippen LogP contribution in [0.15, 0.2) is 0 Å². The quantitative estimate of drug-likeness (QED) is 0.639. The predicted molar refractivity (Wildman–Crippen MR) is 93.4 cm³/mol. The van der Waals surface area contributed by atoms with Crippen LogP contribution in [-0.4, -0.2) is 11.9 Å². The Morgan fingerprint density at radius 3 is 1.76 bits per heavy atom. The van der Waals surface area contributed by atoms with E-state index in [0.29, 0.717) is 11.8 Å². The van der Waals surface area contributed by atoms with E-state index >= 15 is 0 Å². The maximum atomic E-state index is 12.2. The van der Waals surface area contributed by atoms with Gasteiger partial charge in [0.05, 0.1) is 0 Å². The molecular weight excluding hydrogens is 258 g/mol. The third-order valence-electron chi connectivity index (χ3n) is 3.78. The molecule has 0 aliphatic heterocycles. The molecule has 0 bridgehead atoms. The fraction of sp³-hybridized carbons (Fsp3) is 0.947. The van der Waals surface area contributed by atoms with E-state index in [4.69, 9.17) is 0 Å². The second kappa shape index (κ2) is 7.65. The average Bonchev–Trinajstić information content (AvgIpc) is 2.19. The molecule has 0 aromatic heterocycles. The molecule has 0 heterocycles. The molecule has 0 aliphatic carbocycles. The van der Waals surface area contributed by atoms with Crippen LogP contribution in [0.25, 0.3) is 0 Å². The average molecular weight is 298 g/mol. The van der Waals surface area contributed by atoms with Crippen molar-refractivity contribution in [3.8, 4) is 0 Å². The lowest BCUT2D eigenvalue weighted by Gasteiger charge is -2.36. The lowest BCUT2D eigenvalue weighted by Crippen LogP contribution is -2.45. The SMILES string of the molecule is CC(C)(C)CCCCC(=O)NC(CC(C)(C)C)C(C)(C)C. The first-order chi connectivity index (χ1) is 9.21. The number of nitrogens with one attached hydrogen (secondary N) is 1. The normalized spacial score (nSPS) is 14.9. The molecule has 1 unspecified atom stereocenters. The van der Waals surface area contributed by atoms with E-state index in [9.17, 15) is 4.79 Å². The molecule has 126 valence electrons. The smallest absolute Gasteiger partial charge is 0.220 e. The van der Waals surface area contributed by atoms with Gasteiger partial charge in [-0.3, -0.25) is 4.79 Å². The van der Waals surface area contributed by atoms with Crippen molar-refractivity contribution < 1.29 is 4.79 Å². The molecule has 1 N–H and O–H groups in total. The summed E-state index contributed by atoms with van der Waals surface area (Å²) >= 11 is 0. The minimum absolute atomic E-state index is 0.106. The third kappa shape index (κ3) is 11.8. The van der Waals surface area contributed by atoms with E-state index in [1.807, 2.05) is 0 Å². The van der Waals surface area contributed by atoms with E-state index in [1.165, 1.54) is 6.42 Å². The molecule has 2 nitrogen and oxygen atoms in total. The second-order valence-electron chi connectivity index (χ2n) is 10.0. The van der Waals surface area contributed by atoms with Crippen LogP contribution in [0.1, 0.15) is 94.4 Å². The molecule has 0 spiro atoms. The van der Waals surface area contributed by atoms with E-state index in [0.717, 1.165) is 19.3 Å². The molecule has 1 amide bonds. The van der Waals surface area contributed by atoms with Crippen LogP contribution >= 0.6 is 0 Å². The fourth-order valence-electron chi connectivity index (χ4n) is 2.39. The van der Waals surface area contributed by atoms with E-state index in [2.05, 4.69) is 67.6 Å². The van der Waals surface area contributed by atoms with Gasteiger partial charge < -0.3 is 5.32 Å². The molecule has 0 radical (unpaired) electrons. The van der Waals surface area contributed by atoms with Gasteiger partial charge in [0.1, 0.15) is 0 Å². The topological polar surface area (TPSA) is 29.1 Å². The summed E-state index contributed by atoms with van der Waals surface area (Å²) in [5.41, 5.74) is 0.711. The van der Waals surface area contributed by atoms with Gasteiger partial charge in [0.25, 0.3) is 0 Å². The molecule has 0 saturated carbocycles. The van der Waals surface area contributed by atoms with Crippen LogP contribution in [0.5, 0.6) is 0 Å². The summed E-state index contributed by atoms with van der Waals surface area (Å²) in [5, 5.41) is 3.27. The maximum absolute atomic E-state index is 12.2. The van der Waals surface area contributed by atoms with Gasteiger partial charge in [-0.2, -0.15) is 0 Å². The molecule has 0 rings (SSSR count). The Morgan fingerprint density at radius 1 is 0.857 bits per heavy atom. The summed E-state index contributed by atoms with van der Waals surface area (Å²) in [5.74, 6) is 0.216. The summed E-state index contributed by atoms with van der Waals surface area (Å²) in [6.45, 7) is 20.1. The Labute approximate surface area is 133 Å². The van der Waals surface area contributed by atoms with Crippen molar-refractivity contribution in [1.82, 2.24) is 5.32 Å². The van der Waals surface area contributed by atoms with Crippen molar-refractivity contribution in [2.75, 3.05) is 0 Å². The summed E-state index contributed by atoms with van der Waals surface area (Å²) in [7, 11) is 0. The molecule has 0 aromatic carbocycles. The van der Waals surface area contributed by atoms with Crippen molar-refractivity contribution in [3.63, 3.8) is 0 Å². The monoisotopic (exact) mass is 297 g/mol. The predicted octanol–water partition coefficient (Wildman–Crippen LogP) is 5.56. The van der Waals surface area contributed by atoms with Crippen LogP contribution in [0.2, 0.25) is 0 Å². The summed E-state index contributed by atoms with van der Waals surface area (Å²) in [4.78, 5) is 12.2. The highest BCUT2D eigenvalue weighted by Crippen LogP contribution is 2.30. The zero-order valence-electron chi connectivity index (χ0n) is 16.0. The highest BCUT2D eigenvalue weighted by atomic mass is 16.1. The Kier molecular flexibility index (Phi) is 7.45. The fourth-order valence-corrected chi connectivity index (χ4v) is 2.39. The number of rotatable bonds is 6. The van der Waals surface area contributed by atoms with Crippen molar-refractivity contribution in [2.45, 2.75) is 100 Å². The number of carbonyl (C=O) groups excluding carboxylic acids is 1. The van der Waals surface area contributed by atoms with Gasteiger partial charge >= 0.3 is 0 Å². The van der Waals surface area contributed by atoms with Gasteiger partial charge in [0, 0.05) is 12.5 Å². The third-order valence-corrected chi connectivity index (χ3v) is 3.78. The van der Waals surface area contributed by atoms with Crippen LogP contribution in [0.3, 0.4) is 0 Å². The van der Waals surface area contributed by atoms with Gasteiger partial charge in [0.15, 0.2) is 0 Å². The molecule has 0 aromatic rings. The highest BCUT2D eigenvalue weighted by molar-refractivity contribution is 5.76. The molecule has 21 heavy (non-hydrogen) atoms. The van der Waals surface area contributed by atoms with Gasteiger partial charge in [-0.1, -0.05) is 68.7 Å². The lowest BCUT2D eigenvalue weighted by molar-refractivity contribution is -0.123. The molecule has 2 heteroatoms. The highest BCUT2D eigenvalue weighted by Gasteiger charge is 2.30. The van der Waals surface area contributed by atoms with Crippen molar-refractivity contribution in [1.29, 1.82) is 0 Å². The largest absolute Gasteiger partial charge is 0.353 e. The number of amides is 1. The number of hydrogen-bond donors (Lipinski definition) is 1. The van der Waals surface area contributed by atoms with E-state index in [-0.39, 0.29) is 22.8 Å². The summed E-state index contributed by atoms with van der Waals surface area (Å²) < 4.78 is 0. The Morgan fingerprint density at radius 2 is 1.38 bits per heavy atom. The van der Waals surface area contributed by atoms with Crippen LogP contribution in [0, 0.1) is 16.2 Å². The number of hydrogen-bond acceptors (Lipinski definition) is 1. The van der Waals surface area contributed by atoms with E-state index in [1.54, 1.807) is 0 Å². The summed E-state index contributed by atoms with van der Waals surface area (Å²) in [6, 6.07) is 0.243. The molecule has 0 saturated heterocycles. The van der Waals surface area contributed by atoms with Crippen molar-refractivity contribution in [3.05, 3.63) is 0 Å².